The van der Waals surface area contributed by atoms with Crippen molar-refractivity contribution in [2.45, 2.75) is 12.8 Å². The second-order valence-corrected chi connectivity index (χ2v) is 5.52. The van der Waals surface area contributed by atoms with E-state index in [9.17, 15) is 4.79 Å². The summed E-state index contributed by atoms with van der Waals surface area (Å²) in [6.07, 6.45) is 5.57. The van der Waals surface area contributed by atoms with Crippen molar-refractivity contribution in [2.24, 2.45) is 0 Å². The molecule has 0 unspecified atom stereocenters. The molecule has 0 saturated carbocycles. The van der Waals surface area contributed by atoms with Gasteiger partial charge in [-0.3, -0.25) is 4.79 Å². The Morgan fingerprint density at radius 3 is 2.17 bits per heavy atom. The summed E-state index contributed by atoms with van der Waals surface area (Å²) in [5.74, 6) is 1.54. The number of nitrogens with zero attached hydrogens (tertiary/aromatic N) is 3. The smallest absolute Gasteiger partial charge is 0.256 e. The van der Waals surface area contributed by atoms with Crippen LogP contribution in [-0.2, 0) is 0 Å². The first-order valence-corrected chi connectivity index (χ1v) is 7.81. The van der Waals surface area contributed by atoms with Crippen LogP contribution in [0.5, 0.6) is 11.5 Å². The van der Waals surface area contributed by atoms with Crippen molar-refractivity contribution in [2.75, 3.05) is 37.5 Å². The highest BCUT2D eigenvalue weighted by atomic mass is 16.5. The topological polar surface area (TPSA) is 76.6 Å². The number of carbonyl (C=O) groups excluding carboxylic acids is 1. The summed E-state index contributed by atoms with van der Waals surface area (Å²) in [7, 11) is 3.09. The lowest BCUT2D eigenvalue weighted by atomic mass is 10.2. The summed E-state index contributed by atoms with van der Waals surface area (Å²) < 4.78 is 10.4. The normalized spacial score (nSPS) is 13.7. The number of hydrogen-bond donors (Lipinski definition) is 1. The van der Waals surface area contributed by atoms with E-state index in [1.807, 2.05) is 0 Å². The van der Waals surface area contributed by atoms with Crippen molar-refractivity contribution in [1.82, 2.24) is 9.97 Å². The maximum absolute atomic E-state index is 12.4. The van der Waals surface area contributed by atoms with Gasteiger partial charge in [0.05, 0.1) is 32.3 Å². The minimum atomic E-state index is -0.273. The molecule has 2 heterocycles. The van der Waals surface area contributed by atoms with E-state index >= 15 is 0 Å². The summed E-state index contributed by atoms with van der Waals surface area (Å²) in [4.78, 5) is 23.2. The van der Waals surface area contributed by atoms with Crippen LogP contribution in [0.3, 0.4) is 0 Å². The van der Waals surface area contributed by atoms with E-state index in [2.05, 4.69) is 20.2 Å². The van der Waals surface area contributed by atoms with Crippen LogP contribution in [0.2, 0.25) is 0 Å². The lowest BCUT2D eigenvalue weighted by molar-refractivity contribution is 0.102. The number of benzene rings is 1. The van der Waals surface area contributed by atoms with E-state index in [-0.39, 0.29) is 5.91 Å². The van der Waals surface area contributed by atoms with Gasteiger partial charge in [0.25, 0.3) is 5.91 Å². The zero-order valence-electron chi connectivity index (χ0n) is 13.8. The van der Waals surface area contributed by atoms with Crippen LogP contribution in [0.15, 0.2) is 30.6 Å². The average molecular weight is 328 g/mol. The summed E-state index contributed by atoms with van der Waals surface area (Å²) in [5.41, 5.74) is 0.986. The zero-order chi connectivity index (χ0) is 16.9. The molecule has 0 bridgehead atoms. The van der Waals surface area contributed by atoms with E-state index in [1.54, 1.807) is 44.8 Å². The fourth-order valence-corrected chi connectivity index (χ4v) is 2.61. The Bertz CT molecular complexity index is 690. The number of carbonyl (C=O) groups is 1. The first-order valence-electron chi connectivity index (χ1n) is 7.81. The van der Waals surface area contributed by atoms with Crippen LogP contribution < -0.4 is 19.7 Å². The second kappa shape index (κ2) is 7.16. The molecule has 3 rings (SSSR count). The molecule has 1 N–H and O–H groups in total. The van der Waals surface area contributed by atoms with Crippen LogP contribution in [0.1, 0.15) is 23.2 Å². The van der Waals surface area contributed by atoms with Crippen molar-refractivity contribution in [3.8, 4) is 11.5 Å². The maximum atomic E-state index is 12.4. The van der Waals surface area contributed by atoms with Crippen molar-refractivity contribution in [1.29, 1.82) is 0 Å². The molecule has 2 aromatic rings. The van der Waals surface area contributed by atoms with Gasteiger partial charge in [0.2, 0.25) is 5.95 Å². The van der Waals surface area contributed by atoms with Crippen molar-refractivity contribution in [3.63, 3.8) is 0 Å². The number of rotatable bonds is 5. The third-order valence-electron chi connectivity index (χ3n) is 3.90. The molecule has 7 nitrogen and oxygen atoms in total. The summed E-state index contributed by atoms with van der Waals surface area (Å²) in [6.45, 7) is 1.96. The van der Waals surface area contributed by atoms with Crippen LogP contribution >= 0.6 is 0 Å². The third-order valence-corrected chi connectivity index (χ3v) is 3.90. The van der Waals surface area contributed by atoms with Crippen molar-refractivity contribution in [3.05, 3.63) is 36.2 Å². The molecule has 0 radical (unpaired) electrons. The number of anilines is 2. The Hall–Kier alpha value is -2.83. The summed E-state index contributed by atoms with van der Waals surface area (Å²) >= 11 is 0. The molecular weight excluding hydrogens is 308 g/mol. The van der Waals surface area contributed by atoms with Gasteiger partial charge in [0.1, 0.15) is 11.5 Å². The number of amides is 1. The minimum Gasteiger partial charge on any atom is -0.497 e. The fourth-order valence-electron chi connectivity index (χ4n) is 2.61. The van der Waals surface area contributed by atoms with Gasteiger partial charge in [-0.2, -0.15) is 0 Å². The lowest BCUT2D eigenvalue weighted by Crippen LogP contribution is -2.20. The highest BCUT2D eigenvalue weighted by Gasteiger charge is 2.15. The van der Waals surface area contributed by atoms with Gasteiger partial charge in [-0.15, -0.1) is 0 Å². The highest BCUT2D eigenvalue weighted by Crippen LogP contribution is 2.23. The SMILES string of the molecule is COc1cc(OC)cc(C(=O)Nc2cnc(N3CCCC3)nc2)c1. The summed E-state index contributed by atoms with van der Waals surface area (Å²) in [6, 6.07) is 5.01. The number of aromatic nitrogens is 2. The van der Waals surface area contributed by atoms with E-state index in [1.165, 1.54) is 12.8 Å². The fraction of sp³-hybridized carbons (Fsp3) is 0.353. The molecule has 1 amide bonds. The highest BCUT2D eigenvalue weighted by molar-refractivity contribution is 6.04. The predicted molar refractivity (Wildman–Crippen MR) is 91.0 cm³/mol. The Labute approximate surface area is 140 Å². The predicted octanol–water partition coefficient (Wildman–Crippen LogP) is 2.35. The van der Waals surface area contributed by atoms with Crippen LogP contribution in [0, 0.1) is 0 Å². The largest absolute Gasteiger partial charge is 0.497 e. The van der Waals surface area contributed by atoms with Gasteiger partial charge < -0.3 is 19.7 Å². The van der Waals surface area contributed by atoms with Crippen LogP contribution in [0.4, 0.5) is 11.6 Å². The molecule has 1 aliphatic rings. The Balaban J connectivity index is 1.72. The van der Waals surface area contributed by atoms with Gasteiger partial charge in [-0.1, -0.05) is 0 Å². The van der Waals surface area contributed by atoms with Gasteiger partial charge >= 0.3 is 0 Å². The van der Waals surface area contributed by atoms with Crippen LogP contribution in [0.25, 0.3) is 0 Å². The zero-order valence-corrected chi connectivity index (χ0v) is 13.8. The van der Waals surface area contributed by atoms with Crippen LogP contribution in [-0.4, -0.2) is 43.2 Å². The third kappa shape index (κ3) is 3.56. The average Bonchev–Trinajstić information content (AvgIpc) is 3.16. The molecule has 1 fully saturated rings. The van der Waals surface area contributed by atoms with E-state index in [4.69, 9.17) is 9.47 Å². The molecule has 1 aromatic carbocycles. The Morgan fingerprint density at radius 1 is 1.04 bits per heavy atom. The minimum absolute atomic E-state index is 0.273. The molecule has 0 atom stereocenters. The number of hydrogen-bond acceptors (Lipinski definition) is 6. The molecular formula is C17H20N4O3. The molecule has 1 aromatic heterocycles. The molecule has 126 valence electrons. The second-order valence-electron chi connectivity index (χ2n) is 5.52. The van der Waals surface area contributed by atoms with Crippen molar-refractivity contribution < 1.29 is 14.3 Å². The van der Waals surface area contributed by atoms with E-state index in [0.717, 1.165) is 13.1 Å². The molecule has 7 heteroatoms. The quantitative estimate of drug-likeness (QED) is 0.908. The van der Waals surface area contributed by atoms with Gasteiger partial charge in [0, 0.05) is 24.7 Å². The molecule has 24 heavy (non-hydrogen) atoms. The Kier molecular flexibility index (Phi) is 4.79. The first kappa shape index (κ1) is 16.0. The van der Waals surface area contributed by atoms with Gasteiger partial charge in [-0.25, -0.2) is 9.97 Å². The number of ether oxygens (including phenoxy) is 2. The molecule has 1 aliphatic heterocycles. The number of nitrogens with one attached hydrogen (secondary N) is 1. The molecule has 0 aliphatic carbocycles. The molecule has 1 saturated heterocycles. The first-order chi connectivity index (χ1) is 11.7. The summed E-state index contributed by atoms with van der Waals surface area (Å²) in [5, 5.41) is 2.79. The maximum Gasteiger partial charge on any atom is 0.256 e. The standard InChI is InChI=1S/C17H20N4O3/c1-23-14-7-12(8-15(9-14)24-2)16(22)20-13-10-18-17(19-11-13)21-5-3-4-6-21/h7-11H,3-6H2,1-2H3,(H,20,22). The lowest BCUT2D eigenvalue weighted by Gasteiger charge is -2.15. The van der Waals surface area contributed by atoms with Gasteiger partial charge in [0.15, 0.2) is 0 Å². The van der Waals surface area contributed by atoms with Crippen molar-refractivity contribution >= 4 is 17.5 Å². The monoisotopic (exact) mass is 328 g/mol. The van der Waals surface area contributed by atoms with Gasteiger partial charge in [-0.05, 0) is 25.0 Å². The molecule has 0 spiro atoms. The van der Waals surface area contributed by atoms with E-state index < -0.39 is 0 Å². The number of methoxy groups -OCH3 is 2. The Morgan fingerprint density at radius 2 is 1.62 bits per heavy atom. The van der Waals surface area contributed by atoms with E-state index in [0.29, 0.717) is 28.7 Å².